The Morgan fingerprint density at radius 2 is 1.89 bits per heavy atom. The van der Waals surface area contributed by atoms with E-state index in [0.29, 0.717) is 18.3 Å². The molecule has 1 aromatic rings. The second kappa shape index (κ2) is 5.09. The van der Waals surface area contributed by atoms with Crippen LogP contribution >= 0.6 is 23.2 Å². The van der Waals surface area contributed by atoms with Crippen LogP contribution in [0.3, 0.4) is 0 Å². The Labute approximate surface area is 120 Å². The minimum atomic E-state index is 0.106. The van der Waals surface area contributed by atoms with Gasteiger partial charge in [-0.25, -0.2) is 0 Å². The van der Waals surface area contributed by atoms with Gasteiger partial charge in [0.25, 0.3) is 0 Å². The number of halogens is 2. The van der Waals surface area contributed by atoms with E-state index in [4.69, 9.17) is 23.2 Å². The van der Waals surface area contributed by atoms with E-state index < -0.39 is 0 Å². The number of nitrogens with one attached hydrogen (secondary N) is 1. The quantitative estimate of drug-likeness (QED) is 0.846. The first-order valence-electron chi connectivity index (χ1n) is 6.23. The second-order valence-electron chi connectivity index (χ2n) is 4.88. The largest absolute Gasteiger partial charge is 0.353 e. The summed E-state index contributed by atoms with van der Waals surface area (Å²) in [6.45, 7) is 1.58. The summed E-state index contributed by atoms with van der Waals surface area (Å²) in [5.41, 5.74) is 0. The van der Waals surface area contributed by atoms with Crippen LogP contribution in [-0.2, 0) is 4.79 Å². The van der Waals surface area contributed by atoms with Crippen LogP contribution in [0, 0.1) is 5.92 Å². The highest BCUT2D eigenvalue weighted by molar-refractivity contribution is 6.31. The van der Waals surface area contributed by atoms with Crippen LogP contribution in [0.15, 0.2) is 0 Å². The highest BCUT2D eigenvalue weighted by Crippen LogP contribution is 2.27. The summed E-state index contributed by atoms with van der Waals surface area (Å²) in [5.74, 6) is 1.10. The molecular formula is C11H13Cl2N5O. The van der Waals surface area contributed by atoms with Gasteiger partial charge in [0.15, 0.2) is 0 Å². The van der Waals surface area contributed by atoms with Crippen molar-refractivity contribution in [2.45, 2.75) is 25.3 Å². The minimum absolute atomic E-state index is 0.106. The van der Waals surface area contributed by atoms with Crippen LogP contribution in [-0.4, -0.2) is 40.0 Å². The van der Waals surface area contributed by atoms with Crippen LogP contribution < -0.4 is 10.2 Å². The molecule has 2 fully saturated rings. The monoisotopic (exact) mass is 301 g/mol. The molecule has 2 atom stereocenters. The standard InChI is InChI=1S/C11H13Cl2N5O/c12-9-15-10(13)17-11(16-9)18-4-3-7-6(5-18)1-2-8(19)14-7/h6-7H,1-5H2,(H,14,19). The summed E-state index contributed by atoms with van der Waals surface area (Å²) in [6, 6.07) is 0.269. The van der Waals surface area contributed by atoms with Crippen molar-refractivity contribution in [1.82, 2.24) is 20.3 Å². The van der Waals surface area contributed by atoms with Crippen LogP contribution in [0.4, 0.5) is 5.95 Å². The molecule has 1 aromatic heterocycles. The smallest absolute Gasteiger partial charge is 0.230 e. The third-order valence-electron chi connectivity index (χ3n) is 3.67. The molecular weight excluding hydrogens is 289 g/mol. The zero-order valence-electron chi connectivity index (χ0n) is 10.1. The number of amides is 1. The van der Waals surface area contributed by atoms with E-state index in [0.717, 1.165) is 25.9 Å². The van der Waals surface area contributed by atoms with Crippen LogP contribution in [0.25, 0.3) is 0 Å². The molecule has 0 bridgehead atoms. The van der Waals surface area contributed by atoms with E-state index in [1.54, 1.807) is 0 Å². The summed E-state index contributed by atoms with van der Waals surface area (Å²) >= 11 is 11.6. The number of hydrogen-bond donors (Lipinski definition) is 1. The van der Waals surface area contributed by atoms with Crippen molar-refractivity contribution >= 4 is 35.1 Å². The molecule has 0 aromatic carbocycles. The first-order valence-corrected chi connectivity index (χ1v) is 6.99. The maximum atomic E-state index is 11.4. The van der Waals surface area contributed by atoms with Gasteiger partial charge in [0.05, 0.1) is 0 Å². The van der Waals surface area contributed by atoms with Crippen LogP contribution in [0.1, 0.15) is 19.3 Å². The molecule has 19 heavy (non-hydrogen) atoms. The number of piperidine rings is 2. The maximum Gasteiger partial charge on any atom is 0.230 e. The lowest BCUT2D eigenvalue weighted by Gasteiger charge is -2.41. The van der Waals surface area contributed by atoms with Crippen molar-refractivity contribution in [3.05, 3.63) is 10.6 Å². The van der Waals surface area contributed by atoms with Crippen molar-refractivity contribution in [3.63, 3.8) is 0 Å². The summed E-state index contributed by atoms with van der Waals surface area (Å²) in [5, 5.41) is 3.25. The van der Waals surface area contributed by atoms with E-state index in [1.165, 1.54) is 0 Å². The molecule has 3 rings (SSSR count). The van der Waals surface area contributed by atoms with Gasteiger partial charge in [0.1, 0.15) is 0 Å². The van der Waals surface area contributed by atoms with E-state index in [1.807, 2.05) is 0 Å². The Bertz CT molecular complexity index is 492. The number of carbonyl (C=O) groups excluding carboxylic acids is 1. The Morgan fingerprint density at radius 3 is 2.63 bits per heavy atom. The summed E-state index contributed by atoms with van der Waals surface area (Å²) in [6.07, 6.45) is 2.38. The fourth-order valence-electron chi connectivity index (χ4n) is 2.75. The number of rotatable bonds is 1. The Balaban J connectivity index is 1.75. The van der Waals surface area contributed by atoms with Gasteiger partial charge in [-0.1, -0.05) is 0 Å². The van der Waals surface area contributed by atoms with Gasteiger partial charge in [-0.3, -0.25) is 4.79 Å². The summed E-state index contributed by atoms with van der Waals surface area (Å²) in [7, 11) is 0. The molecule has 1 amide bonds. The summed E-state index contributed by atoms with van der Waals surface area (Å²) < 4.78 is 0. The summed E-state index contributed by atoms with van der Waals surface area (Å²) in [4.78, 5) is 25.4. The lowest BCUT2D eigenvalue weighted by Crippen LogP contribution is -2.54. The third-order valence-corrected chi connectivity index (χ3v) is 4.01. The number of nitrogens with zero attached hydrogens (tertiary/aromatic N) is 4. The van der Waals surface area contributed by atoms with E-state index in [9.17, 15) is 4.79 Å². The molecule has 2 saturated heterocycles. The predicted molar refractivity (Wildman–Crippen MR) is 71.3 cm³/mol. The molecule has 0 spiro atoms. The predicted octanol–water partition coefficient (Wildman–Crippen LogP) is 1.28. The van der Waals surface area contributed by atoms with Crippen molar-refractivity contribution in [3.8, 4) is 0 Å². The molecule has 8 heteroatoms. The number of fused-ring (bicyclic) bond motifs is 1. The molecule has 6 nitrogen and oxygen atoms in total. The number of carbonyl (C=O) groups is 1. The topological polar surface area (TPSA) is 71.0 Å². The number of hydrogen-bond acceptors (Lipinski definition) is 5. The molecule has 0 aliphatic carbocycles. The van der Waals surface area contributed by atoms with Crippen molar-refractivity contribution in [2.24, 2.45) is 5.92 Å². The molecule has 2 aliphatic heterocycles. The molecule has 2 aliphatic rings. The van der Waals surface area contributed by atoms with Crippen molar-refractivity contribution in [1.29, 1.82) is 0 Å². The van der Waals surface area contributed by atoms with Crippen LogP contribution in [0.5, 0.6) is 0 Å². The SMILES string of the molecule is O=C1CCC2CN(c3nc(Cl)nc(Cl)n3)CCC2N1. The fraction of sp³-hybridized carbons (Fsp3) is 0.636. The average molecular weight is 302 g/mol. The average Bonchev–Trinajstić information content (AvgIpc) is 2.37. The highest BCUT2D eigenvalue weighted by Gasteiger charge is 2.34. The first kappa shape index (κ1) is 12.9. The number of anilines is 1. The number of aromatic nitrogens is 3. The van der Waals surface area contributed by atoms with Crippen molar-refractivity contribution in [2.75, 3.05) is 18.0 Å². The van der Waals surface area contributed by atoms with Gasteiger partial charge in [-0.2, -0.15) is 15.0 Å². The zero-order valence-corrected chi connectivity index (χ0v) is 11.7. The fourth-order valence-corrected chi connectivity index (χ4v) is 3.10. The molecule has 0 radical (unpaired) electrons. The lowest BCUT2D eigenvalue weighted by atomic mass is 9.85. The minimum Gasteiger partial charge on any atom is -0.353 e. The van der Waals surface area contributed by atoms with Crippen molar-refractivity contribution < 1.29 is 4.79 Å². The lowest BCUT2D eigenvalue weighted by molar-refractivity contribution is -0.124. The van der Waals surface area contributed by atoms with Gasteiger partial charge >= 0.3 is 0 Å². The van der Waals surface area contributed by atoms with Gasteiger partial charge in [0.2, 0.25) is 22.4 Å². The molecule has 3 heterocycles. The zero-order chi connectivity index (χ0) is 13.4. The first-order chi connectivity index (χ1) is 9.11. The normalized spacial score (nSPS) is 26.8. The highest BCUT2D eigenvalue weighted by atomic mass is 35.5. The molecule has 102 valence electrons. The third kappa shape index (κ3) is 2.74. The Hall–Kier alpha value is -1.14. The van der Waals surface area contributed by atoms with Gasteiger partial charge in [0, 0.05) is 25.6 Å². The molecule has 0 saturated carbocycles. The van der Waals surface area contributed by atoms with Gasteiger partial charge in [-0.15, -0.1) is 0 Å². The van der Waals surface area contributed by atoms with Gasteiger partial charge < -0.3 is 10.2 Å². The van der Waals surface area contributed by atoms with Crippen LogP contribution in [0.2, 0.25) is 10.6 Å². The molecule has 2 unspecified atom stereocenters. The second-order valence-corrected chi connectivity index (χ2v) is 5.56. The molecule has 1 N–H and O–H groups in total. The Kier molecular flexibility index (Phi) is 3.45. The van der Waals surface area contributed by atoms with E-state index >= 15 is 0 Å². The van der Waals surface area contributed by atoms with Gasteiger partial charge in [-0.05, 0) is 42.0 Å². The maximum absolute atomic E-state index is 11.4. The van der Waals surface area contributed by atoms with E-state index in [2.05, 4.69) is 25.2 Å². The Morgan fingerprint density at radius 1 is 1.16 bits per heavy atom. The van der Waals surface area contributed by atoms with E-state index in [-0.39, 0.29) is 22.5 Å².